The number of piperazine rings is 1. The van der Waals surface area contributed by atoms with Crippen molar-refractivity contribution in [1.29, 1.82) is 0 Å². The molecule has 3 N–H and O–H groups in total. The van der Waals surface area contributed by atoms with E-state index < -0.39 is 0 Å². The molecule has 0 radical (unpaired) electrons. The smallest absolute Gasteiger partial charge is 0.262 e. The molecule has 10 nitrogen and oxygen atoms in total. The largest absolute Gasteiger partial charge is 0.482 e. The molecular formula is C24H24N8O2. The van der Waals surface area contributed by atoms with E-state index in [1.807, 2.05) is 42.6 Å². The first-order valence-corrected chi connectivity index (χ1v) is 11.2. The number of nitrogens with one attached hydrogen (secondary N) is 1. The molecule has 1 aromatic carbocycles. The highest BCUT2D eigenvalue weighted by Gasteiger charge is 2.24. The first kappa shape index (κ1) is 20.4. The van der Waals surface area contributed by atoms with E-state index in [1.165, 1.54) is 0 Å². The van der Waals surface area contributed by atoms with Crippen molar-refractivity contribution >= 4 is 28.9 Å². The van der Waals surface area contributed by atoms with Crippen molar-refractivity contribution in [2.45, 2.75) is 6.54 Å². The van der Waals surface area contributed by atoms with Gasteiger partial charge in [-0.05, 0) is 36.4 Å². The Hall–Kier alpha value is -4.18. The van der Waals surface area contributed by atoms with E-state index in [1.54, 1.807) is 12.4 Å². The van der Waals surface area contributed by atoms with Crippen LogP contribution in [0.5, 0.6) is 5.75 Å². The lowest BCUT2D eigenvalue weighted by Crippen LogP contribution is -2.46. The zero-order chi connectivity index (χ0) is 23.1. The molecule has 0 atom stereocenters. The van der Waals surface area contributed by atoms with Gasteiger partial charge in [-0.25, -0.2) is 15.0 Å². The summed E-state index contributed by atoms with van der Waals surface area (Å²) >= 11 is 0. The Morgan fingerprint density at radius 1 is 1.06 bits per heavy atom. The standard InChI is InChI=1S/C24H24N8O2/c25-17-3-5-21-29-23(16-2-4-20-18(12-16)28-22(33)15-34-20)19(32(21)13-17)14-30-8-10-31(11-9-30)24-26-6-1-7-27-24/h1-7,12-13H,8-11,14-15,25H2,(H,28,33). The summed E-state index contributed by atoms with van der Waals surface area (Å²) in [4.78, 5) is 30.1. The molecule has 1 saturated heterocycles. The molecule has 2 aliphatic heterocycles. The van der Waals surface area contributed by atoms with Crippen molar-refractivity contribution in [3.05, 3.63) is 60.7 Å². The minimum atomic E-state index is -0.159. The number of carbonyl (C=O) groups is 1. The normalized spacial score (nSPS) is 16.2. The van der Waals surface area contributed by atoms with Crippen molar-refractivity contribution in [1.82, 2.24) is 24.3 Å². The number of rotatable bonds is 4. The number of carbonyl (C=O) groups excluding carboxylic acids is 1. The summed E-state index contributed by atoms with van der Waals surface area (Å²) in [6.45, 7) is 4.19. The topological polar surface area (TPSA) is 114 Å². The third-order valence-corrected chi connectivity index (χ3v) is 6.21. The van der Waals surface area contributed by atoms with E-state index in [2.05, 4.69) is 29.5 Å². The highest BCUT2D eigenvalue weighted by atomic mass is 16.5. The number of ether oxygens (including phenoxy) is 1. The summed E-state index contributed by atoms with van der Waals surface area (Å²) in [7, 11) is 0. The number of aromatic nitrogens is 4. The molecule has 5 heterocycles. The summed E-state index contributed by atoms with van der Waals surface area (Å²) in [6, 6.07) is 11.4. The molecule has 172 valence electrons. The number of imidazole rings is 1. The fraction of sp³-hybridized carbons (Fsp3) is 0.250. The summed E-state index contributed by atoms with van der Waals surface area (Å²) < 4.78 is 7.58. The predicted octanol–water partition coefficient (Wildman–Crippen LogP) is 2.03. The second-order valence-electron chi connectivity index (χ2n) is 8.46. The molecule has 10 heteroatoms. The van der Waals surface area contributed by atoms with Crippen LogP contribution in [0.25, 0.3) is 16.9 Å². The number of nitrogens with two attached hydrogens (primary N) is 1. The van der Waals surface area contributed by atoms with E-state index in [-0.39, 0.29) is 12.5 Å². The first-order valence-electron chi connectivity index (χ1n) is 11.2. The number of nitrogen functional groups attached to an aromatic ring is 1. The lowest BCUT2D eigenvalue weighted by Gasteiger charge is -2.34. The Bertz CT molecular complexity index is 1360. The maximum atomic E-state index is 11.8. The molecule has 0 spiro atoms. The second kappa shape index (κ2) is 8.31. The molecule has 0 saturated carbocycles. The Balaban J connectivity index is 1.31. The number of hydrogen-bond acceptors (Lipinski definition) is 8. The summed E-state index contributed by atoms with van der Waals surface area (Å²) in [5, 5.41) is 2.89. The Labute approximate surface area is 196 Å². The Morgan fingerprint density at radius 2 is 1.88 bits per heavy atom. The van der Waals surface area contributed by atoms with Crippen LogP contribution in [0.3, 0.4) is 0 Å². The average molecular weight is 457 g/mol. The molecule has 4 aromatic rings. The lowest BCUT2D eigenvalue weighted by molar-refractivity contribution is -0.118. The van der Waals surface area contributed by atoms with E-state index >= 15 is 0 Å². The van der Waals surface area contributed by atoms with Crippen LogP contribution in [-0.4, -0.2) is 62.9 Å². The number of pyridine rings is 1. The van der Waals surface area contributed by atoms with E-state index in [0.29, 0.717) is 23.7 Å². The number of benzene rings is 1. The minimum Gasteiger partial charge on any atom is -0.482 e. The maximum Gasteiger partial charge on any atom is 0.262 e. The van der Waals surface area contributed by atoms with E-state index in [4.69, 9.17) is 15.5 Å². The van der Waals surface area contributed by atoms with Gasteiger partial charge in [0.05, 0.1) is 17.1 Å². The zero-order valence-corrected chi connectivity index (χ0v) is 18.5. The van der Waals surface area contributed by atoms with Crippen molar-refractivity contribution in [3.8, 4) is 17.0 Å². The molecule has 0 aliphatic carbocycles. The van der Waals surface area contributed by atoms with Crippen molar-refractivity contribution < 1.29 is 9.53 Å². The SMILES string of the molecule is Nc1ccc2nc(-c3ccc4c(c3)NC(=O)CO4)c(CN3CCN(c4ncccn4)CC3)n2c1. The average Bonchev–Trinajstić information content (AvgIpc) is 3.22. The predicted molar refractivity (Wildman–Crippen MR) is 129 cm³/mol. The minimum absolute atomic E-state index is 0.0330. The highest BCUT2D eigenvalue weighted by molar-refractivity contribution is 5.96. The lowest BCUT2D eigenvalue weighted by atomic mass is 10.1. The summed E-state index contributed by atoms with van der Waals surface area (Å²) in [6.07, 6.45) is 5.46. The van der Waals surface area contributed by atoms with Crippen LogP contribution in [0.1, 0.15) is 5.69 Å². The van der Waals surface area contributed by atoms with Crippen LogP contribution in [0.2, 0.25) is 0 Å². The quantitative estimate of drug-likeness (QED) is 0.480. The van der Waals surface area contributed by atoms with Gasteiger partial charge in [-0.2, -0.15) is 0 Å². The van der Waals surface area contributed by atoms with Gasteiger partial charge in [0.1, 0.15) is 11.4 Å². The molecule has 1 fully saturated rings. The number of amides is 1. The molecule has 0 unspecified atom stereocenters. The van der Waals surface area contributed by atoms with Crippen LogP contribution in [0.4, 0.5) is 17.3 Å². The van der Waals surface area contributed by atoms with Gasteiger partial charge in [-0.15, -0.1) is 0 Å². The van der Waals surface area contributed by atoms with Crippen LogP contribution in [0, 0.1) is 0 Å². The first-order chi connectivity index (χ1) is 16.6. The van der Waals surface area contributed by atoms with Crippen LogP contribution in [0.15, 0.2) is 55.0 Å². The van der Waals surface area contributed by atoms with Crippen molar-refractivity contribution in [2.75, 3.05) is 48.7 Å². The number of fused-ring (bicyclic) bond motifs is 2. The van der Waals surface area contributed by atoms with Gasteiger partial charge < -0.3 is 25.1 Å². The molecule has 3 aromatic heterocycles. The number of anilines is 3. The number of nitrogens with zero attached hydrogens (tertiary/aromatic N) is 6. The zero-order valence-electron chi connectivity index (χ0n) is 18.5. The van der Waals surface area contributed by atoms with E-state index in [9.17, 15) is 4.79 Å². The second-order valence-corrected chi connectivity index (χ2v) is 8.46. The van der Waals surface area contributed by atoms with Gasteiger partial charge in [-0.3, -0.25) is 9.69 Å². The summed E-state index contributed by atoms with van der Waals surface area (Å²) in [5.74, 6) is 1.27. The van der Waals surface area contributed by atoms with Crippen LogP contribution in [-0.2, 0) is 11.3 Å². The van der Waals surface area contributed by atoms with E-state index in [0.717, 1.165) is 54.7 Å². The monoisotopic (exact) mass is 456 g/mol. The van der Waals surface area contributed by atoms with Gasteiger partial charge in [0.2, 0.25) is 5.95 Å². The van der Waals surface area contributed by atoms with Gasteiger partial charge in [-0.1, -0.05) is 0 Å². The van der Waals surface area contributed by atoms with Crippen LogP contribution < -0.4 is 20.7 Å². The van der Waals surface area contributed by atoms with Crippen molar-refractivity contribution in [2.24, 2.45) is 0 Å². The molecule has 0 bridgehead atoms. The van der Waals surface area contributed by atoms with Gasteiger partial charge in [0.25, 0.3) is 5.91 Å². The molecule has 34 heavy (non-hydrogen) atoms. The number of hydrogen-bond donors (Lipinski definition) is 2. The highest BCUT2D eigenvalue weighted by Crippen LogP contribution is 2.34. The molecule has 1 amide bonds. The maximum absolute atomic E-state index is 11.8. The molecule has 2 aliphatic rings. The third kappa shape index (κ3) is 3.77. The summed E-state index contributed by atoms with van der Waals surface area (Å²) in [5.41, 5.74) is 11.1. The van der Waals surface area contributed by atoms with Crippen LogP contribution >= 0.6 is 0 Å². The van der Waals surface area contributed by atoms with Gasteiger partial charge >= 0.3 is 0 Å². The van der Waals surface area contributed by atoms with Gasteiger partial charge in [0, 0.05) is 62.6 Å². The third-order valence-electron chi connectivity index (χ3n) is 6.21. The van der Waals surface area contributed by atoms with Crippen molar-refractivity contribution in [3.63, 3.8) is 0 Å². The Morgan fingerprint density at radius 3 is 2.71 bits per heavy atom. The fourth-order valence-electron chi connectivity index (χ4n) is 4.49. The fourth-order valence-corrected chi connectivity index (χ4v) is 4.49. The molecule has 6 rings (SSSR count). The molecular weight excluding hydrogens is 432 g/mol. The van der Waals surface area contributed by atoms with Gasteiger partial charge in [0.15, 0.2) is 6.61 Å². The Kier molecular flexibility index (Phi) is 4.99.